The number of rotatable bonds is 7. The van der Waals surface area contributed by atoms with Gasteiger partial charge in [-0.25, -0.2) is 0 Å². The predicted octanol–water partition coefficient (Wildman–Crippen LogP) is 3.94. The Balaban J connectivity index is 3.36. The summed E-state index contributed by atoms with van der Waals surface area (Å²) < 4.78 is 5.67. The average Bonchev–Trinajstić information content (AvgIpc) is 2.07. The van der Waals surface area contributed by atoms with Crippen LogP contribution in [0, 0.1) is 5.92 Å². The number of allylic oxidation sites excluding steroid dienone is 2. The largest absolute Gasteiger partial charge is 0.381 e. The molecule has 0 fully saturated rings. The monoisotopic (exact) mass is 214 g/mol. The zero-order chi connectivity index (χ0) is 11.0. The second kappa shape index (κ2) is 7.24. The SMILES string of the molecule is CC=CCC(C)COCC[Si](C)(C)C. The Labute approximate surface area is 90.6 Å². The summed E-state index contributed by atoms with van der Waals surface area (Å²) in [4.78, 5) is 0. The summed E-state index contributed by atoms with van der Waals surface area (Å²) in [5.74, 6) is 0.660. The van der Waals surface area contributed by atoms with Crippen LogP contribution >= 0.6 is 0 Å². The van der Waals surface area contributed by atoms with Crippen LogP contribution in [0.2, 0.25) is 25.7 Å². The molecule has 84 valence electrons. The van der Waals surface area contributed by atoms with Gasteiger partial charge in [-0.1, -0.05) is 38.7 Å². The Bertz CT molecular complexity index is 158. The Morgan fingerprint density at radius 2 is 1.93 bits per heavy atom. The van der Waals surface area contributed by atoms with E-state index >= 15 is 0 Å². The van der Waals surface area contributed by atoms with E-state index in [0.29, 0.717) is 5.92 Å². The lowest BCUT2D eigenvalue weighted by molar-refractivity contribution is 0.116. The van der Waals surface area contributed by atoms with Crippen LogP contribution in [0.4, 0.5) is 0 Å². The highest BCUT2D eigenvalue weighted by atomic mass is 28.3. The van der Waals surface area contributed by atoms with Gasteiger partial charge < -0.3 is 4.74 Å². The van der Waals surface area contributed by atoms with E-state index in [2.05, 4.69) is 45.6 Å². The summed E-state index contributed by atoms with van der Waals surface area (Å²) in [6.45, 7) is 13.3. The van der Waals surface area contributed by atoms with Gasteiger partial charge >= 0.3 is 0 Å². The average molecular weight is 214 g/mol. The Kier molecular flexibility index (Phi) is 7.20. The summed E-state index contributed by atoms with van der Waals surface area (Å²) in [7, 11) is -0.894. The minimum absolute atomic E-state index is 0.660. The van der Waals surface area contributed by atoms with Crippen molar-refractivity contribution in [2.45, 2.75) is 46.0 Å². The normalized spacial score (nSPS) is 14.9. The molecule has 0 aliphatic heterocycles. The van der Waals surface area contributed by atoms with Crippen LogP contribution in [-0.2, 0) is 4.74 Å². The van der Waals surface area contributed by atoms with Crippen LogP contribution in [0.25, 0.3) is 0 Å². The van der Waals surface area contributed by atoms with Crippen LogP contribution in [0.5, 0.6) is 0 Å². The Morgan fingerprint density at radius 3 is 2.43 bits per heavy atom. The number of hydrogen-bond donors (Lipinski definition) is 0. The van der Waals surface area contributed by atoms with Gasteiger partial charge in [-0.2, -0.15) is 0 Å². The van der Waals surface area contributed by atoms with Crippen molar-refractivity contribution in [1.82, 2.24) is 0 Å². The zero-order valence-electron chi connectivity index (χ0n) is 10.5. The highest BCUT2D eigenvalue weighted by Crippen LogP contribution is 2.09. The predicted molar refractivity (Wildman–Crippen MR) is 67.6 cm³/mol. The summed E-state index contributed by atoms with van der Waals surface area (Å²) in [5.41, 5.74) is 0. The molecule has 0 rings (SSSR count). The standard InChI is InChI=1S/C12H26OSi/c1-6-7-8-12(2)11-13-9-10-14(3,4)5/h6-7,12H,8-11H2,1-5H3. The van der Waals surface area contributed by atoms with Crippen LogP contribution in [0.3, 0.4) is 0 Å². The molecular formula is C12H26OSi. The van der Waals surface area contributed by atoms with E-state index in [1.807, 2.05) is 0 Å². The zero-order valence-corrected chi connectivity index (χ0v) is 11.5. The molecule has 1 nitrogen and oxygen atoms in total. The fraction of sp³-hybridized carbons (Fsp3) is 0.833. The van der Waals surface area contributed by atoms with E-state index in [0.717, 1.165) is 19.6 Å². The summed E-state index contributed by atoms with van der Waals surface area (Å²) in [6.07, 6.45) is 5.47. The lowest BCUT2D eigenvalue weighted by Crippen LogP contribution is -2.22. The van der Waals surface area contributed by atoms with Crippen molar-refractivity contribution in [2.75, 3.05) is 13.2 Å². The summed E-state index contributed by atoms with van der Waals surface area (Å²) >= 11 is 0. The van der Waals surface area contributed by atoms with Crippen molar-refractivity contribution in [3.8, 4) is 0 Å². The highest BCUT2D eigenvalue weighted by molar-refractivity contribution is 6.76. The topological polar surface area (TPSA) is 9.23 Å². The molecule has 0 aromatic rings. The van der Waals surface area contributed by atoms with Crippen LogP contribution in [0.15, 0.2) is 12.2 Å². The minimum Gasteiger partial charge on any atom is -0.381 e. The van der Waals surface area contributed by atoms with E-state index in [4.69, 9.17) is 4.74 Å². The molecule has 1 unspecified atom stereocenters. The third kappa shape index (κ3) is 10.0. The first-order valence-corrected chi connectivity index (χ1v) is 9.35. The van der Waals surface area contributed by atoms with Crippen molar-refractivity contribution in [2.24, 2.45) is 5.92 Å². The summed E-state index contributed by atoms with van der Waals surface area (Å²) in [5, 5.41) is 0. The van der Waals surface area contributed by atoms with Gasteiger partial charge in [0.1, 0.15) is 0 Å². The maximum Gasteiger partial charge on any atom is 0.0494 e. The van der Waals surface area contributed by atoms with Crippen molar-refractivity contribution in [3.63, 3.8) is 0 Å². The first-order chi connectivity index (χ1) is 6.45. The molecule has 0 aliphatic carbocycles. The third-order valence-corrected chi connectivity index (χ3v) is 3.88. The molecule has 0 saturated heterocycles. The van der Waals surface area contributed by atoms with Crippen molar-refractivity contribution < 1.29 is 4.74 Å². The molecule has 14 heavy (non-hydrogen) atoms. The quantitative estimate of drug-likeness (QED) is 0.354. The fourth-order valence-electron chi connectivity index (χ4n) is 1.10. The van der Waals surface area contributed by atoms with Gasteiger partial charge in [0.15, 0.2) is 0 Å². The van der Waals surface area contributed by atoms with E-state index in [-0.39, 0.29) is 0 Å². The van der Waals surface area contributed by atoms with Crippen LogP contribution < -0.4 is 0 Å². The fourth-order valence-corrected chi connectivity index (χ4v) is 1.86. The third-order valence-electron chi connectivity index (χ3n) is 2.17. The van der Waals surface area contributed by atoms with Gasteiger partial charge in [-0.05, 0) is 25.3 Å². The maximum atomic E-state index is 5.67. The molecule has 0 bridgehead atoms. The first kappa shape index (κ1) is 13.9. The summed E-state index contributed by atoms with van der Waals surface area (Å²) in [6, 6.07) is 1.28. The number of hydrogen-bond acceptors (Lipinski definition) is 1. The smallest absolute Gasteiger partial charge is 0.0494 e. The highest BCUT2D eigenvalue weighted by Gasteiger charge is 2.12. The second-order valence-electron chi connectivity index (χ2n) is 5.30. The van der Waals surface area contributed by atoms with Gasteiger partial charge in [0.2, 0.25) is 0 Å². The maximum absolute atomic E-state index is 5.67. The van der Waals surface area contributed by atoms with Gasteiger partial charge in [0.25, 0.3) is 0 Å². The van der Waals surface area contributed by atoms with E-state index in [1.54, 1.807) is 0 Å². The second-order valence-corrected chi connectivity index (χ2v) is 10.9. The van der Waals surface area contributed by atoms with Crippen molar-refractivity contribution >= 4 is 8.07 Å². The lowest BCUT2D eigenvalue weighted by Gasteiger charge is -2.16. The van der Waals surface area contributed by atoms with Crippen LogP contribution in [-0.4, -0.2) is 21.3 Å². The minimum atomic E-state index is -0.894. The molecule has 1 atom stereocenters. The Morgan fingerprint density at radius 1 is 1.29 bits per heavy atom. The molecule has 0 radical (unpaired) electrons. The molecule has 0 amide bonds. The van der Waals surface area contributed by atoms with Gasteiger partial charge in [-0.3, -0.25) is 0 Å². The molecule has 0 aromatic heterocycles. The molecule has 0 aromatic carbocycles. The van der Waals surface area contributed by atoms with Crippen LogP contribution in [0.1, 0.15) is 20.3 Å². The molecule has 2 heteroatoms. The van der Waals surface area contributed by atoms with Gasteiger partial charge in [-0.15, -0.1) is 0 Å². The van der Waals surface area contributed by atoms with Crippen molar-refractivity contribution in [3.05, 3.63) is 12.2 Å². The first-order valence-electron chi connectivity index (χ1n) is 5.64. The van der Waals surface area contributed by atoms with Gasteiger partial charge in [0.05, 0.1) is 0 Å². The molecule has 0 spiro atoms. The van der Waals surface area contributed by atoms with E-state index in [9.17, 15) is 0 Å². The van der Waals surface area contributed by atoms with E-state index < -0.39 is 8.07 Å². The van der Waals surface area contributed by atoms with Crippen molar-refractivity contribution in [1.29, 1.82) is 0 Å². The molecule has 0 aliphatic rings. The molecule has 0 N–H and O–H groups in total. The van der Waals surface area contributed by atoms with Gasteiger partial charge in [0, 0.05) is 21.3 Å². The Hall–Kier alpha value is -0.0831. The molecule has 0 heterocycles. The lowest BCUT2D eigenvalue weighted by atomic mass is 10.1. The molecule has 0 saturated carbocycles. The van der Waals surface area contributed by atoms with E-state index in [1.165, 1.54) is 6.04 Å². The molecular weight excluding hydrogens is 188 g/mol. The number of ether oxygens (including phenoxy) is 1.